The summed E-state index contributed by atoms with van der Waals surface area (Å²) in [7, 11) is -3.86. The predicted octanol–water partition coefficient (Wildman–Crippen LogP) is 0.590. The largest absolute Gasteiger partial charge is 0.476 e. The van der Waals surface area contributed by atoms with Gasteiger partial charge in [0, 0.05) is 11.8 Å². The van der Waals surface area contributed by atoms with Crippen molar-refractivity contribution >= 4 is 27.8 Å². The first-order valence-corrected chi connectivity index (χ1v) is 8.44. The molecule has 0 saturated carbocycles. The van der Waals surface area contributed by atoms with E-state index >= 15 is 0 Å². The van der Waals surface area contributed by atoms with E-state index in [0.29, 0.717) is 5.75 Å². The molecule has 1 atom stereocenters. The molecule has 0 bridgehead atoms. The molecule has 0 aliphatic carbocycles. The van der Waals surface area contributed by atoms with Crippen molar-refractivity contribution in [3.8, 4) is 0 Å². The predicted molar refractivity (Wildman–Crippen MR) is 71.0 cm³/mol. The van der Waals surface area contributed by atoms with Crippen molar-refractivity contribution in [2.75, 3.05) is 11.5 Å². The first-order valence-electron chi connectivity index (χ1n) is 5.80. The van der Waals surface area contributed by atoms with Gasteiger partial charge in [0.15, 0.2) is 5.69 Å². The molecule has 0 radical (unpaired) electrons. The molecule has 0 aromatic carbocycles. The van der Waals surface area contributed by atoms with Crippen molar-refractivity contribution in [2.45, 2.75) is 30.7 Å². The van der Waals surface area contributed by atoms with Gasteiger partial charge >= 0.3 is 5.97 Å². The fourth-order valence-corrected chi connectivity index (χ4v) is 4.78. The smallest absolute Gasteiger partial charge is 0.357 e. The Labute approximate surface area is 115 Å². The van der Waals surface area contributed by atoms with Gasteiger partial charge < -0.3 is 5.11 Å². The van der Waals surface area contributed by atoms with Crippen LogP contribution in [0.15, 0.2) is 4.90 Å². The monoisotopic (exact) mass is 305 g/mol. The Balaban J connectivity index is 2.28. The highest BCUT2D eigenvalue weighted by molar-refractivity contribution is 7.99. The number of hydrogen-bond acceptors (Lipinski definition) is 5. The van der Waals surface area contributed by atoms with Crippen LogP contribution < -0.4 is 4.72 Å². The maximum atomic E-state index is 12.3. The number of aromatic amines is 1. The number of thioether (sulfide) groups is 1. The van der Waals surface area contributed by atoms with Crippen LogP contribution in [0.4, 0.5) is 0 Å². The summed E-state index contributed by atoms with van der Waals surface area (Å²) in [6.45, 7) is 1.49. The van der Waals surface area contributed by atoms with Gasteiger partial charge in [0.1, 0.15) is 4.90 Å². The molecule has 1 aliphatic rings. The highest BCUT2D eigenvalue weighted by Crippen LogP contribution is 2.22. The van der Waals surface area contributed by atoms with E-state index in [-0.39, 0.29) is 16.6 Å². The number of nitrogens with zero attached hydrogens (tertiary/aromatic N) is 1. The molecule has 3 N–H and O–H groups in total. The molecule has 7 nitrogen and oxygen atoms in total. The number of sulfonamides is 1. The average molecular weight is 305 g/mol. The zero-order chi connectivity index (χ0) is 14.0. The Hall–Kier alpha value is -1.06. The van der Waals surface area contributed by atoms with Crippen molar-refractivity contribution in [3.05, 3.63) is 11.4 Å². The molecule has 2 heterocycles. The van der Waals surface area contributed by atoms with Crippen LogP contribution in [0.1, 0.15) is 29.0 Å². The summed E-state index contributed by atoms with van der Waals surface area (Å²) in [5.41, 5.74) is -0.234. The van der Waals surface area contributed by atoms with E-state index in [1.165, 1.54) is 6.92 Å². The number of carboxylic acid groups (broad SMARTS) is 1. The standard InChI is InChI=1S/C10H15N3O4S2/c1-6-9(8(10(14)15)12-11-6)19(16,17)13-7-3-2-4-18-5-7/h7,13H,2-5H2,1H3,(H,11,12)(H,14,15). The molecule has 1 aromatic heterocycles. The summed E-state index contributed by atoms with van der Waals surface area (Å²) >= 11 is 1.69. The Morgan fingerprint density at radius 1 is 1.58 bits per heavy atom. The molecular formula is C10H15N3O4S2. The molecule has 1 aromatic rings. The van der Waals surface area contributed by atoms with Crippen molar-refractivity contribution in [2.24, 2.45) is 0 Å². The van der Waals surface area contributed by atoms with Crippen LogP contribution in [-0.4, -0.2) is 47.2 Å². The van der Waals surface area contributed by atoms with E-state index in [1.54, 1.807) is 11.8 Å². The average Bonchev–Trinajstić information content (AvgIpc) is 2.73. The lowest BCUT2D eigenvalue weighted by atomic mass is 10.2. The minimum Gasteiger partial charge on any atom is -0.476 e. The normalized spacial score (nSPS) is 20.4. The van der Waals surface area contributed by atoms with E-state index < -0.39 is 21.7 Å². The SMILES string of the molecule is Cc1[nH]nc(C(=O)O)c1S(=O)(=O)NC1CCCSC1. The number of aryl methyl sites for hydroxylation is 1. The highest BCUT2D eigenvalue weighted by Gasteiger charge is 2.30. The fraction of sp³-hybridized carbons (Fsp3) is 0.600. The van der Waals surface area contributed by atoms with Gasteiger partial charge in [0.05, 0.1) is 5.69 Å². The molecule has 1 aliphatic heterocycles. The number of aromatic carboxylic acids is 1. The number of carbonyl (C=O) groups is 1. The van der Waals surface area contributed by atoms with E-state index in [4.69, 9.17) is 5.11 Å². The third-order valence-electron chi connectivity index (χ3n) is 2.84. The molecule has 19 heavy (non-hydrogen) atoms. The van der Waals surface area contributed by atoms with Crippen molar-refractivity contribution < 1.29 is 18.3 Å². The van der Waals surface area contributed by atoms with Crippen molar-refractivity contribution in [1.29, 1.82) is 0 Å². The fourth-order valence-electron chi connectivity index (χ4n) is 2.00. The van der Waals surface area contributed by atoms with Gasteiger partial charge in [-0.25, -0.2) is 17.9 Å². The maximum absolute atomic E-state index is 12.3. The lowest BCUT2D eigenvalue weighted by Gasteiger charge is -2.22. The quantitative estimate of drug-likeness (QED) is 0.750. The summed E-state index contributed by atoms with van der Waals surface area (Å²) in [6.07, 6.45) is 1.72. The summed E-state index contributed by atoms with van der Waals surface area (Å²) in [4.78, 5) is 10.7. The van der Waals surface area contributed by atoms with Crippen LogP contribution in [0.5, 0.6) is 0 Å². The maximum Gasteiger partial charge on any atom is 0.357 e. The van der Waals surface area contributed by atoms with Crippen LogP contribution in [0.25, 0.3) is 0 Å². The first-order chi connectivity index (χ1) is 8.92. The number of nitrogens with one attached hydrogen (secondary N) is 2. The summed E-state index contributed by atoms with van der Waals surface area (Å²) in [5.74, 6) is 0.379. The summed E-state index contributed by atoms with van der Waals surface area (Å²) < 4.78 is 27.1. The number of H-pyrrole nitrogens is 1. The van der Waals surface area contributed by atoms with E-state index in [0.717, 1.165) is 18.6 Å². The second-order valence-electron chi connectivity index (χ2n) is 4.37. The molecule has 2 rings (SSSR count). The van der Waals surface area contributed by atoms with E-state index in [2.05, 4.69) is 14.9 Å². The minimum absolute atomic E-state index is 0.153. The minimum atomic E-state index is -3.86. The Morgan fingerprint density at radius 2 is 2.32 bits per heavy atom. The molecule has 0 amide bonds. The second kappa shape index (κ2) is 5.51. The van der Waals surface area contributed by atoms with Gasteiger partial charge in [-0.1, -0.05) is 0 Å². The molecule has 1 unspecified atom stereocenters. The van der Waals surface area contributed by atoms with Crippen molar-refractivity contribution in [1.82, 2.24) is 14.9 Å². The van der Waals surface area contributed by atoms with Gasteiger partial charge in [-0.15, -0.1) is 0 Å². The van der Waals surface area contributed by atoms with Gasteiger partial charge in [-0.2, -0.15) is 16.9 Å². The third kappa shape index (κ3) is 3.10. The number of carboxylic acids is 1. The number of rotatable bonds is 4. The summed E-state index contributed by atoms with van der Waals surface area (Å²) in [6, 6.07) is -0.153. The number of aromatic nitrogens is 2. The van der Waals surface area contributed by atoms with E-state index in [9.17, 15) is 13.2 Å². The molecule has 1 fully saturated rings. The zero-order valence-corrected chi connectivity index (χ0v) is 12.0. The lowest BCUT2D eigenvalue weighted by Crippen LogP contribution is -2.38. The third-order valence-corrected chi connectivity index (χ3v) is 5.74. The van der Waals surface area contributed by atoms with Gasteiger partial charge in [0.25, 0.3) is 0 Å². The van der Waals surface area contributed by atoms with Crippen LogP contribution in [0, 0.1) is 6.92 Å². The van der Waals surface area contributed by atoms with Crippen LogP contribution in [0.3, 0.4) is 0 Å². The zero-order valence-electron chi connectivity index (χ0n) is 10.3. The van der Waals surface area contributed by atoms with Crippen LogP contribution in [0.2, 0.25) is 0 Å². The first kappa shape index (κ1) is 14.4. The Bertz CT molecular complexity index is 576. The van der Waals surface area contributed by atoms with Crippen LogP contribution in [-0.2, 0) is 10.0 Å². The Kier molecular flexibility index (Phi) is 4.16. The van der Waals surface area contributed by atoms with Gasteiger partial charge in [-0.3, -0.25) is 5.10 Å². The lowest BCUT2D eigenvalue weighted by molar-refractivity contribution is 0.0686. The highest BCUT2D eigenvalue weighted by atomic mass is 32.2. The van der Waals surface area contributed by atoms with Crippen LogP contribution >= 0.6 is 11.8 Å². The van der Waals surface area contributed by atoms with Gasteiger partial charge in [0.2, 0.25) is 10.0 Å². The topological polar surface area (TPSA) is 112 Å². The second-order valence-corrected chi connectivity index (χ2v) is 7.17. The van der Waals surface area contributed by atoms with Crippen molar-refractivity contribution in [3.63, 3.8) is 0 Å². The van der Waals surface area contributed by atoms with Gasteiger partial charge in [-0.05, 0) is 25.5 Å². The molecular weight excluding hydrogens is 290 g/mol. The molecule has 1 saturated heterocycles. The molecule has 106 valence electrons. The summed E-state index contributed by atoms with van der Waals surface area (Å²) in [5, 5.41) is 14.9. The number of hydrogen-bond donors (Lipinski definition) is 3. The molecule has 0 spiro atoms. The Morgan fingerprint density at radius 3 is 2.89 bits per heavy atom. The molecule has 9 heteroatoms. The van der Waals surface area contributed by atoms with E-state index in [1.807, 2.05) is 0 Å².